The van der Waals surface area contributed by atoms with Crippen molar-refractivity contribution in [3.63, 3.8) is 0 Å². The van der Waals surface area contributed by atoms with Gasteiger partial charge in [-0.1, -0.05) is 41.6 Å². The number of nitrogens with one attached hydrogen (secondary N) is 1. The molecule has 1 amide bonds. The molecule has 2 aromatic carbocycles. The first-order valence-electron chi connectivity index (χ1n) is 9.11. The Morgan fingerprint density at radius 1 is 1.07 bits per heavy atom. The first kappa shape index (κ1) is 21.8. The zero-order chi connectivity index (χ0) is 21.9. The molecule has 1 heterocycles. The molecule has 0 unspecified atom stereocenters. The lowest BCUT2D eigenvalue weighted by molar-refractivity contribution is -0.113. The van der Waals surface area contributed by atoms with Gasteiger partial charge >= 0.3 is 0 Å². The number of aromatic nitrogens is 2. The third kappa shape index (κ3) is 4.98. The van der Waals surface area contributed by atoms with Crippen LogP contribution in [0, 0.1) is 20.8 Å². The predicted molar refractivity (Wildman–Crippen MR) is 118 cm³/mol. The first-order chi connectivity index (χ1) is 14.2. The van der Waals surface area contributed by atoms with Gasteiger partial charge in [0.05, 0.1) is 16.8 Å². The number of carbonyl (C=O) groups excluding carboxylic acids is 1. The molecule has 3 rings (SSSR count). The maximum atomic E-state index is 12.8. The minimum Gasteiger partial charge on any atom is -0.382 e. The van der Waals surface area contributed by atoms with Crippen molar-refractivity contribution < 1.29 is 13.2 Å². The molecule has 0 bridgehead atoms. The number of nitrogens with two attached hydrogens (primary N) is 1. The molecule has 3 N–H and O–H groups in total. The van der Waals surface area contributed by atoms with Gasteiger partial charge < -0.3 is 11.1 Å². The van der Waals surface area contributed by atoms with E-state index in [-0.39, 0.29) is 32.4 Å². The Bertz CT molecular complexity index is 1190. The zero-order valence-electron chi connectivity index (χ0n) is 16.8. The molecule has 30 heavy (non-hydrogen) atoms. The SMILES string of the molecule is Cc1ccc(S(=O)(=O)c2cnc(SCC(=O)Nc3cc(C)ccc3C)nc2N)cc1. The topological polar surface area (TPSA) is 115 Å². The van der Waals surface area contributed by atoms with Crippen molar-refractivity contribution in [3.8, 4) is 0 Å². The molecule has 3 aromatic rings. The van der Waals surface area contributed by atoms with Gasteiger partial charge in [-0.3, -0.25) is 4.79 Å². The fraction of sp³-hybridized carbons (Fsp3) is 0.190. The number of sulfone groups is 1. The van der Waals surface area contributed by atoms with Gasteiger partial charge in [0, 0.05) is 5.69 Å². The Hall–Kier alpha value is -2.91. The first-order valence-corrected chi connectivity index (χ1v) is 11.6. The van der Waals surface area contributed by atoms with E-state index in [2.05, 4.69) is 15.3 Å². The summed E-state index contributed by atoms with van der Waals surface area (Å²) in [6, 6.07) is 12.3. The van der Waals surface area contributed by atoms with E-state index in [4.69, 9.17) is 5.73 Å². The second-order valence-corrected chi connectivity index (χ2v) is 9.73. The largest absolute Gasteiger partial charge is 0.382 e. The molecule has 0 atom stereocenters. The number of thioether (sulfide) groups is 1. The van der Waals surface area contributed by atoms with E-state index < -0.39 is 9.84 Å². The minimum absolute atomic E-state index is 0.0663. The van der Waals surface area contributed by atoms with Crippen molar-refractivity contribution in [3.05, 3.63) is 65.4 Å². The van der Waals surface area contributed by atoms with Crippen LogP contribution in [0.4, 0.5) is 11.5 Å². The van der Waals surface area contributed by atoms with Gasteiger partial charge in [-0.2, -0.15) is 0 Å². The van der Waals surface area contributed by atoms with E-state index in [9.17, 15) is 13.2 Å². The van der Waals surface area contributed by atoms with Crippen LogP contribution in [0.25, 0.3) is 0 Å². The Balaban J connectivity index is 1.70. The second-order valence-electron chi connectivity index (χ2n) is 6.87. The highest BCUT2D eigenvalue weighted by molar-refractivity contribution is 7.99. The van der Waals surface area contributed by atoms with E-state index in [1.54, 1.807) is 12.1 Å². The van der Waals surface area contributed by atoms with Crippen molar-refractivity contribution in [2.75, 3.05) is 16.8 Å². The van der Waals surface area contributed by atoms with Crippen LogP contribution >= 0.6 is 11.8 Å². The Kier molecular flexibility index (Phi) is 6.42. The quantitative estimate of drug-likeness (QED) is 0.443. The summed E-state index contributed by atoms with van der Waals surface area (Å²) in [5.74, 6) is -0.299. The van der Waals surface area contributed by atoms with Gasteiger partial charge in [0.1, 0.15) is 10.7 Å². The monoisotopic (exact) mass is 442 g/mol. The number of carbonyl (C=O) groups is 1. The molecule has 0 fully saturated rings. The number of rotatable bonds is 6. The van der Waals surface area contributed by atoms with Gasteiger partial charge in [-0.25, -0.2) is 18.4 Å². The minimum atomic E-state index is -3.82. The summed E-state index contributed by atoms with van der Waals surface area (Å²) in [6.45, 7) is 5.74. The van der Waals surface area contributed by atoms with Crippen LogP contribution < -0.4 is 11.1 Å². The molecular formula is C21H22N4O3S2. The number of hydrogen-bond donors (Lipinski definition) is 2. The summed E-state index contributed by atoms with van der Waals surface area (Å²) >= 11 is 1.08. The van der Waals surface area contributed by atoms with Crippen molar-refractivity contribution in [1.29, 1.82) is 0 Å². The molecule has 0 aliphatic heterocycles. The van der Waals surface area contributed by atoms with Gasteiger partial charge in [0.15, 0.2) is 5.16 Å². The van der Waals surface area contributed by atoms with Crippen LogP contribution in [-0.2, 0) is 14.6 Å². The van der Waals surface area contributed by atoms with Crippen LogP contribution in [0.1, 0.15) is 16.7 Å². The number of benzene rings is 2. The van der Waals surface area contributed by atoms with Gasteiger partial charge in [-0.15, -0.1) is 0 Å². The van der Waals surface area contributed by atoms with E-state index >= 15 is 0 Å². The third-order valence-electron chi connectivity index (χ3n) is 4.38. The molecule has 0 radical (unpaired) electrons. The second kappa shape index (κ2) is 8.85. The summed E-state index contributed by atoms with van der Waals surface area (Å²) < 4.78 is 25.5. The number of anilines is 2. The highest BCUT2D eigenvalue weighted by Gasteiger charge is 2.22. The van der Waals surface area contributed by atoms with Gasteiger partial charge in [0.2, 0.25) is 15.7 Å². The predicted octanol–water partition coefficient (Wildman–Crippen LogP) is 3.55. The maximum Gasteiger partial charge on any atom is 0.234 e. The van der Waals surface area contributed by atoms with Crippen molar-refractivity contribution in [2.45, 2.75) is 35.7 Å². The van der Waals surface area contributed by atoms with Crippen molar-refractivity contribution in [1.82, 2.24) is 9.97 Å². The molecule has 7 nitrogen and oxygen atoms in total. The lowest BCUT2D eigenvalue weighted by Crippen LogP contribution is -2.15. The third-order valence-corrected chi connectivity index (χ3v) is 7.03. The average molecular weight is 443 g/mol. The number of hydrogen-bond acceptors (Lipinski definition) is 7. The van der Waals surface area contributed by atoms with E-state index in [0.717, 1.165) is 34.1 Å². The fourth-order valence-electron chi connectivity index (χ4n) is 2.67. The number of amides is 1. The van der Waals surface area contributed by atoms with Crippen molar-refractivity contribution in [2.24, 2.45) is 0 Å². The molecule has 156 valence electrons. The molecule has 0 spiro atoms. The molecule has 1 aromatic heterocycles. The van der Waals surface area contributed by atoms with E-state index in [0.29, 0.717) is 0 Å². The highest BCUT2D eigenvalue weighted by Crippen LogP contribution is 2.26. The maximum absolute atomic E-state index is 12.8. The fourth-order valence-corrected chi connectivity index (χ4v) is 4.56. The number of nitrogen functional groups attached to an aromatic ring is 1. The van der Waals surface area contributed by atoms with Crippen LogP contribution in [0.15, 0.2) is 63.6 Å². The van der Waals surface area contributed by atoms with Crippen LogP contribution in [0.2, 0.25) is 0 Å². The van der Waals surface area contributed by atoms with Crippen LogP contribution in [-0.4, -0.2) is 30.0 Å². The number of nitrogens with zero attached hydrogens (tertiary/aromatic N) is 2. The average Bonchev–Trinajstić information content (AvgIpc) is 2.69. The standard InChI is InChI=1S/C21H22N4O3S2/c1-13-5-8-16(9-6-13)30(27,28)18-11-23-21(25-20(18)22)29-12-19(26)24-17-10-14(2)4-7-15(17)3/h4-11H,12H2,1-3H3,(H,24,26)(H2,22,23,25). The summed E-state index contributed by atoms with van der Waals surface area (Å²) in [4.78, 5) is 20.4. The summed E-state index contributed by atoms with van der Waals surface area (Å²) in [5.41, 5.74) is 9.61. The van der Waals surface area contributed by atoms with Gasteiger partial charge in [0.25, 0.3) is 0 Å². The van der Waals surface area contributed by atoms with Gasteiger partial charge in [-0.05, 0) is 50.1 Å². The molecule has 0 aliphatic rings. The molecule has 0 saturated heterocycles. The Morgan fingerprint density at radius 3 is 2.40 bits per heavy atom. The lowest BCUT2D eigenvalue weighted by Gasteiger charge is -2.10. The molecule has 0 saturated carbocycles. The summed E-state index contributed by atoms with van der Waals surface area (Å²) in [6.07, 6.45) is 1.18. The van der Waals surface area contributed by atoms with Crippen LogP contribution in [0.3, 0.4) is 0 Å². The number of aryl methyl sites for hydroxylation is 3. The lowest BCUT2D eigenvalue weighted by atomic mass is 10.1. The smallest absolute Gasteiger partial charge is 0.234 e. The highest BCUT2D eigenvalue weighted by atomic mass is 32.2. The van der Waals surface area contributed by atoms with Crippen molar-refractivity contribution >= 4 is 39.0 Å². The summed E-state index contributed by atoms with van der Waals surface area (Å²) in [5, 5.41) is 3.08. The Morgan fingerprint density at radius 2 is 1.73 bits per heavy atom. The molecule has 0 aliphatic carbocycles. The Labute approximate surface area is 180 Å². The van der Waals surface area contributed by atoms with E-state index in [1.807, 2.05) is 39.0 Å². The van der Waals surface area contributed by atoms with E-state index in [1.165, 1.54) is 18.3 Å². The molecule has 9 heteroatoms. The summed E-state index contributed by atoms with van der Waals surface area (Å²) in [7, 11) is -3.82. The zero-order valence-corrected chi connectivity index (χ0v) is 18.5. The van der Waals surface area contributed by atoms with Crippen LogP contribution in [0.5, 0.6) is 0 Å². The molecular weight excluding hydrogens is 420 g/mol. The normalized spacial score (nSPS) is 11.3.